The average Bonchev–Trinajstić information content (AvgIpc) is 3.35. The predicted octanol–water partition coefficient (Wildman–Crippen LogP) is 3.35. The van der Waals surface area contributed by atoms with Crippen LogP contribution < -0.4 is 0 Å². The summed E-state index contributed by atoms with van der Waals surface area (Å²) in [7, 11) is 5.38. The van der Waals surface area contributed by atoms with E-state index in [0.717, 1.165) is 29.4 Å². The first-order valence-electron chi connectivity index (χ1n) is 9.67. The Hall–Kier alpha value is -0.742. The third-order valence-electron chi connectivity index (χ3n) is 6.10. The molecule has 2 heterocycles. The van der Waals surface area contributed by atoms with Gasteiger partial charge in [-0.2, -0.15) is 0 Å². The van der Waals surface area contributed by atoms with Gasteiger partial charge >= 0.3 is 173 Å². The van der Waals surface area contributed by atoms with Gasteiger partial charge in [0.05, 0.1) is 0 Å². The molecular weight excluding hydrogens is 514 g/mol. The van der Waals surface area contributed by atoms with Crippen molar-refractivity contribution in [3.63, 3.8) is 0 Å². The second kappa shape index (κ2) is 9.64. The number of hydrogen-bond acceptors (Lipinski definition) is 5. The molecule has 4 atom stereocenters. The molecule has 0 amide bonds. The van der Waals surface area contributed by atoms with E-state index in [4.69, 9.17) is 18.6 Å². The summed E-state index contributed by atoms with van der Waals surface area (Å²) in [5.41, 5.74) is 2.89. The number of likely N-dealkylation sites (tertiary alicyclic amines) is 1. The Morgan fingerprint density at radius 2 is 2.04 bits per heavy atom. The van der Waals surface area contributed by atoms with Gasteiger partial charge in [0.15, 0.2) is 0 Å². The van der Waals surface area contributed by atoms with E-state index in [0.29, 0.717) is 18.6 Å². The molecule has 0 radical (unpaired) electrons. The minimum atomic E-state index is 0.273. The van der Waals surface area contributed by atoms with Crippen LogP contribution in [0.2, 0.25) is 0 Å². The van der Waals surface area contributed by atoms with Crippen LogP contribution in [0.1, 0.15) is 37.9 Å². The maximum atomic E-state index is 5.88. The van der Waals surface area contributed by atoms with E-state index in [2.05, 4.69) is 17.9 Å². The van der Waals surface area contributed by atoms with Crippen LogP contribution in [-0.2, 0) is 33.6 Å². The van der Waals surface area contributed by atoms with E-state index in [-0.39, 0.29) is 11.8 Å². The summed E-state index contributed by atoms with van der Waals surface area (Å²) < 4.78 is 23.9. The number of furan rings is 1. The first-order chi connectivity index (χ1) is 13.1. The zero-order valence-electron chi connectivity index (χ0n) is 16.8. The molecule has 0 bridgehead atoms. The van der Waals surface area contributed by atoms with E-state index in [1.807, 2.05) is 6.07 Å². The number of allylic oxidation sites excluding steroid dienone is 1. The van der Waals surface area contributed by atoms with Gasteiger partial charge in [-0.15, -0.1) is 0 Å². The Labute approximate surface area is 173 Å². The summed E-state index contributed by atoms with van der Waals surface area (Å²) in [5, 5.41) is 0. The van der Waals surface area contributed by atoms with Crippen LogP contribution in [0, 0.1) is 11.8 Å². The van der Waals surface area contributed by atoms with Crippen LogP contribution in [0.5, 0.6) is 0 Å². The van der Waals surface area contributed by atoms with Crippen LogP contribution in [0.15, 0.2) is 34.1 Å². The zero-order chi connectivity index (χ0) is 19.4. The molecule has 0 N–H and O–H groups in total. The van der Waals surface area contributed by atoms with E-state index in [1.54, 1.807) is 27.6 Å². The SMILES string of the molecule is COC[C@@H]1CCCN1C1=C(C)[C@H](COC)[C@H]([C](=[W])OC)[C@@H](c2ccco2)C1. The first kappa shape index (κ1) is 21.0. The molecular formula is C21H31NO4W. The van der Waals surface area contributed by atoms with Gasteiger partial charge in [-0.3, -0.25) is 0 Å². The van der Waals surface area contributed by atoms with Crippen LogP contribution in [0.25, 0.3) is 0 Å². The van der Waals surface area contributed by atoms with Gasteiger partial charge in [0.25, 0.3) is 0 Å². The second-order valence-corrected chi connectivity index (χ2v) is 8.96. The van der Waals surface area contributed by atoms with Crippen molar-refractivity contribution in [1.29, 1.82) is 0 Å². The Bertz CT molecular complexity index is 657. The van der Waals surface area contributed by atoms with Gasteiger partial charge in [-0.25, -0.2) is 0 Å². The van der Waals surface area contributed by atoms with E-state index in [1.165, 1.54) is 43.5 Å². The third kappa shape index (κ3) is 4.32. The summed E-state index contributed by atoms with van der Waals surface area (Å²) >= 11 is 1.38. The van der Waals surface area contributed by atoms with Crippen molar-refractivity contribution < 1.29 is 38.0 Å². The van der Waals surface area contributed by atoms with Gasteiger partial charge < -0.3 is 0 Å². The number of methoxy groups -OCH3 is 3. The summed E-state index contributed by atoms with van der Waals surface area (Å²) in [5.74, 6) is 1.90. The fourth-order valence-electron chi connectivity index (χ4n) is 4.81. The minimum absolute atomic E-state index is 0.273. The number of nitrogens with zero attached hydrogens (tertiary/aromatic N) is 1. The molecule has 1 saturated heterocycles. The van der Waals surface area contributed by atoms with E-state index < -0.39 is 0 Å². The first-order valence-corrected chi connectivity index (χ1v) is 11.1. The van der Waals surface area contributed by atoms with Crippen molar-refractivity contribution in [2.75, 3.05) is 41.1 Å². The molecule has 1 aromatic rings. The number of ether oxygens (including phenoxy) is 3. The third-order valence-corrected chi connectivity index (χ3v) is 7.68. The molecule has 27 heavy (non-hydrogen) atoms. The zero-order valence-corrected chi connectivity index (χ0v) is 19.7. The average molecular weight is 545 g/mol. The van der Waals surface area contributed by atoms with Gasteiger partial charge in [-0.1, -0.05) is 0 Å². The molecule has 5 nitrogen and oxygen atoms in total. The van der Waals surface area contributed by atoms with Gasteiger partial charge in [0.2, 0.25) is 0 Å². The molecule has 150 valence electrons. The van der Waals surface area contributed by atoms with Crippen molar-refractivity contribution in [3.8, 4) is 0 Å². The Morgan fingerprint density at radius 3 is 2.67 bits per heavy atom. The molecule has 1 fully saturated rings. The monoisotopic (exact) mass is 545 g/mol. The van der Waals surface area contributed by atoms with Gasteiger partial charge in [0.1, 0.15) is 0 Å². The molecule has 1 aromatic heterocycles. The van der Waals surface area contributed by atoms with E-state index in [9.17, 15) is 0 Å². The van der Waals surface area contributed by atoms with Crippen LogP contribution in [0.4, 0.5) is 0 Å². The second-order valence-electron chi connectivity index (χ2n) is 7.51. The molecule has 6 heteroatoms. The topological polar surface area (TPSA) is 44.1 Å². The summed E-state index contributed by atoms with van der Waals surface area (Å²) in [6.45, 7) is 4.87. The van der Waals surface area contributed by atoms with Crippen molar-refractivity contribution in [2.24, 2.45) is 11.8 Å². The van der Waals surface area contributed by atoms with Crippen molar-refractivity contribution in [1.82, 2.24) is 4.90 Å². The van der Waals surface area contributed by atoms with Crippen LogP contribution in [0.3, 0.4) is 0 Å². The molecule has 0 spiro atoms. The van der Waals surface area contributed by atoms with Crippen LogP contribution >= 0.6 is 0 Å². The van der Waals surface area contributed by atoms with Crippen molar-refractivity contribution in [2.45, 2.75) is 38.1 Å². The summed E-state index contributed by atoms with van der Waals surface area (Å²) in [6.07, 6.45) is 5.18. The number of rotatable bonds is 8. The Morgan fingerprint density at radius 1 is 1.26 bits per heavy atom. The van der Waals surface area contributed by atoms with Crippen molar-refractivity contribution >= 4 is 4.08 Å². The van der Waals surface area contributed by atoms with Crippen LogP contribution in [-0.4, -0.2) is 56.1 Å². The Kier molecular flexibility index (Phi) is 7.49. The fraction of sp³-hybridized carbons (Fsp3) is 0.667. The molecule has 0 aromatic carbocycles. The predicted molar refractivity (Wildman–Crippen MR) is 101 cm³/mol. The van der Waals surface area contributed by atoms with Gasteiger partial charge in [0, 0.05) is 0 Å². The molecule has 2 aliphatic rings. The number of hydrogen-bond donors (Lipinski definition) is 0. The molecule has 1 aliphatic heterocycles. The molecule has 1 aliphatic carbocycles. The molecule has 3 rings (SSSR count). The maximum absolute atomic E-state index is 5.88. The molecule has 0 unspecified atom stereocenters. The summed E-state index contributed by atoms with van der Waals surface area (Å²) in [4.78, 5) is 2.59. The fourth-order valence-corrected chi connectivity index (χ4v) is 5.99. The molecule has 0 saturated carbocycles. The van der Waals surface area contributed by atoms with Gasteiger partial charge in [-0.05, 0) is 0 Å². The van der Waals surface area contributed by atoms with Crippen molar-refractivity contribution in [3.05, 3.63) is 35.4 Å². The Balaban J connectivity index is 2.02. The normalized spacial score (nSPS) is 28.8. The quantitative estimate of drug-likeness (QED) is 0.502. The summed E-state index contributed by atoms with van der Waals surface area (Å²) in [6, 6.07) is 4.56. The standard InChI is InChI=1S/C21H31NO4.W/c1-15-18(13-24-3)19(14-25-4)17(21-8-6-10-26-21)11-20(15)22-9-5-7-16(22)12-23-2;/h6,8,10,16-19H,5,7,9,11-13H2,1-4H3;/t16-,17-,18-,19+;/m0./s1. The van der Waals surface area contributed by atoms with E-state index >= 15 is 0 Å².